The lowest BCUT2D eigenvalue weighted by Gasteiger charge is -2.16. The molecule has 0 aromatic heterocycles. The van der Waals surface area contributed by atoms with Gasteiger partial charge in [0.15, 0.2) is 0 Å². The summed E-state index contributed by atoms with van der Waals surface area (Å²) in [6, 6.07) is 16.9. The van der Waals surface area contributed by atoms with Gasteiger partial charge in [0, 0.05) is 23.5 Å². The van der Waals surface area contributed by atoms with Crippen LogP contribution in [0.2, 0.25) is 0 Å². The molecule has 2 aliphatic rings. The van der Waals surface area contributed by atoms with Gasteiger partial charge in [-0.25, -0.2) is 9.18 Å². The molecule has 0 radical (unpaired) electrons. The first-order valence-corrected chi connectivity index (χ1v) is 10.2. The summed E-state index contributed by atoms with van der Waals surface area (Å²) in [5.74, 6) is -1.15. The number of benzene rings is 3. The van der Waals surface area contributed by atoms with Crippen LogP contribution in [0.5, 0.6) is 0 Å². The second-order valence-corrected chi connectivity index (χ2v) is 7.64. The molecule has 0 aliphatic carbocycles. The van der Waals surface area contributed by atoms with Crippen molar-refractivity contribution in [3.63, 3.8) is 0 Å². The van der Waals surface area contributed by atoms with E-state index in [9.17, 15) is 14.0 Å². The SMILES string of the molecule is COC(=O)c1ccc2c(c1)NC(=O)/C2=C(\Nc1ccc2c(c1)CCN2)c1ccc(F)cc1. The zero-order chi connectivity index (χ0) is 22.2. The van der Waals surface area contributed by atoms with Crippen LogP contribution in [0.3, 0.4) is 0 Å². The van der Waals surface area contributed by atoms with Crippen molar-refractivity contribution in [2.24, 2.45) is 0 Å². The fourth-order valence-electron chi connectivity index (χ4n) is 4.09. The monoisotopic (exact) mass is 429 g/mol. The number of ether oxygens (including phenoxy) is 1. The summed E-state index contributed by atoms with van der Waals surface area (Å²) >= 11 is 0. The van der Waals surface area contributed by atoms with Crippen molar-refractivity contribution in [3.8, 4) is 0 Å². The number of amides is 1. The molecule has 0 unspecified atom stereocenters. The lowest BCUT2D eigenvalue weighted by atomic mass is 9.98. The van der Waals surface area contributed by atoms with E-state index in [0.29, 0.717) is 33.6 Å². The Hall–Kier alpha value is -4.13. The first kappa shape index (κ1) is 19.8. The molecule has 3 N–H and O–H groups in total. The highest BCUT2D eigenvalue weighted by Gasteiger charge is 2.29. The van der Waals surface area contributed by atoms with Gasteiger partial charge < -0.3 is 20.7 Å². The van der Waals surface area contributed by atoms with Gasteiger partial charge in [0.1, 0.15) is 5.82 Å². The van der Waals surface area contributed by atoms with Gasteiger partial charge in [0.2, 0.25) is 0 Å². The number of anilines is 3. The van der Waals surface area contributed by atoms with Crippen LogP contribution in [-0.2, 0) is 16.0 Å². The summed E-state index contributed by atoms with van der Waals surface area (Å²) in [7, 11) is 1.31. The maximum atomic E-state index is 13.6. The predicted octanol–water partition coefficient (Wildman–Crippen LogP) is 4.51. The molecule has 2 heterocycles. The Kier molecular flexibility index (Phi) is 4.86. The number of halogens is 1. The van der Waals surface area contributed by atoms with Crippen molar-refractivity contribution in [1.82, 2.24) is 0 Å². The van der Waals surface area contributed by atoms with Crippen molar-refractivity contribution in [1.29, 1.82) is 0 Å². The minimum absolute atomic E-state index is 0.309. The van der Waals surface area contributed by atoms with Crippen molar-refractivity contribution >= 4 is 40.2 Å². The van der Waals surface area contributed by atoms with E-state index in [1.54, 1.807) is 30.3 Å². The number of carbonyl (C=O) groups is 2. The maximum Gasteiger partial charge on any atom is 0.337 e. The normalized spacial score (nSPS) is 15.4. The number of nitrogens with one attached hydrogen (secondary N) is 3. The van der Waals surface area contributed by atoms with Gasteiger partial charge in [-0.2, -0.15) is 0 Å². The van der Waals surface area contributed by atoms with Crippen LogP contribution in [0, 0.1) is 5.82 Å². The topological polar surface area (TPSA) is 79.5 Å². The summed E-state index contributed by atoms with van der Waals surface area (Å²) in [5, 5.41) is 9.54. The summed E-state index contributed by atoms with van der Waals surface area (Å²) in [5.41, 5.74) is 6.27. The van der Waals surface area contributed by atoms with Crippen molar-refractivity contribution in [3.05, 3.63) is 88.7 Å². The lowest BCUT2D eigenvalue weighted by molar-refractivity contribution is -0.110. The summed E-state index contributed by atoms with van der Waals surface area (Å²) in [4.78, 5) is 24.9. The fraction of sp³-hybridized carbons (Fsp3) is 0.120. The van der Waals surface area contributed by atoms with Crippen molar-refractivity contribution in [2.75, 3.05) is 29.6 Å². The molecule has 0 atom stereocenters. The third kappa shape index (κ3) is 3.47. The smallest absolute Gasteiger partial charge is 0.337 e. The predicted molar refractivity (Wildman–Crippen MR) is 122 cm³/mol. The Balaban J connectivity index is 1.64. The molecule has 0 saturated heterocycles. The summed E-state index contributed by atoms with van der Waals surface area (Å²) in [6.07, 6.45) is 0.924. The van der Waals surface area contributed by atoms with Crippen LogP contribution in [0.25, 0.3) is 11.3 Å². The maximum absolute atomic E-state index is 13.6. The minimum atomic E-state index is -0.483. The van der Waals surface area contributed by atoms with Crippen LogP contribution in [0.1, 0.15) is 27.0 Å². The van der Waals surface area contributed by atoms with E-state index in [-0.39, 0.29) is 11.7 Å². The number of fused-ring (bicyclic) bond motifs is 2. The summed E-state index contributed by atoms with van der Waals surface area (Å²) < 4.78 is 18.4. The highest BCUT2D eigenvalue weighted by Crippen LogP contribution is 2.38. The minimum Gasteiger partial charge on any atom is -0.465 e. The van der Waals surface area contributed by atoms with Crippen LogP contribution >= 0.6 is 0 Å². The van der Waals surface area contributed by atoms with Crippen molar-refractivity contribution in [2.45, 2.75) is 6.42 Å². The first-order valence-electron chi connectivity index (χ1n) is 10.2. The number of esters is 1. The summed E-state index contributed by atoms with van der Waals surface area (Å²) in [6.45, 7) is 0.892. The lowest BCUT2D eigenvalue weighted by Crippen LogP contribution is -2.10. The molecule has 2 aliphatic heterocycles. The molecule has 6 nitrogen and oxygen atoms in total. The second-order valence-electron chi connectivity index (χ2n) is 7.64. The number of carbonyl (C=O) groups excluding carboxylic acids is 2. The van der Waals surface area contributed by atoms with Crippen LogP contribution in [-0.4, -0.2) is 25.5 Å². The third-order valence-corrected chi connectivity index (χ3v) is 5.65. The molecule has 0 bridgehead atoms. The van der Waals surface area contributed by atoms with Crippen LogP contribution in [0.4, 0.5) is 21.5 Å². The van der Waals surface area contributed by atoms with Gasteiger partial charge >= 0.3 is 5.97 Å². The number of rotatable bonds is 4. The molecule has 3 aromatic rings. The van der Waals surface area contributed by atoms with Gasteiger partial charge in [-0.1, -0.05) is 6.07 Å². The average Bonchev–Trinajstić information content (AvgIpc) is 3.40. The zero-order valence-corrected chi connectivity index (χ0v) is 17.3. The van der Waals surface area contributed by atoms with E-state index in [1.807, 2.05) is 18.2 Å². The standard InChI is InChI=1S/C25H20FN3O3/c1-32-25(31)16-4-8-19-21(13-16)29-24(30)22(19)23(14-2-5-17(26)6-3-14)28-18-7-9-20-15(12-18)10-11-27-20/h2-9,12-13,27-28H,10-11H2,1H3,(H,29,30)/b23-22-. The quantitative estimate of drug-likeness (QED) is 0.420. The Morgan fingerprint density at radius 2 is 1.78 bits per heavy atom. The highest BCUT2D eigenvalue weighted by molar-refractivity contribution is 6.37. The van der Waals surface area contributed by atoms with E-state index in [1.165, 1.54) is 24.8 Å². The Morgan fingerprint density at radius 1 is 1.00 bits per heavy atom. The van der Waals surface area contributed by atoms with Gasteiger partial charge in [0.05, 0.1) is 29.6 Å². The fourth-order valence-corrected chi connectivity index (χ4v) is 4.09. The van der Waals surface area contributed by atoms with E-state index in [4.69, 9.17) is 4.74 Å². The highest BCUT2D eigenvalue weighted by atomic mass is 19.1. The van der Waals surface area contributed by atoms with Crippen LogP contribution in [0.15, 0.2) is 60.7 Å². The van der Waals surface area contributed by atoms with Gasteiger partial charge in [-0.3, -0.25) is 4.79 Å². The third-order valence-electron chi connectivity index (χ3n) is 5.65. The molecule has 7 heteroatoms. The first-order chi connectivity index (χ1) is 15.5. The molecular weight excluding hydrogens is 409 g/mol. The van der Waals surface area contributed by atoms with Gasteiger partial charge in [-0.15, -0.1) is 0 Å². The van der Waals surface area contributed by atoms with E-state index in [2.05, 4.69) is 16.0 Å². The Labute approximate surface area is 184 Å². The van der Waals surface area contributed by atoms with E-state index in [0.717, 1.165) is 24.3 Å². The molecule has 1 amide bonds. The molecule has 160 valence electrons. The van der Waals surface area contributed by atoms with E-state index < -0.39 is 5.97 Å². The molecule has 5 rings (SSSR count). The Bertz CT molecular complexity index is 1280. The number of hydrogen-bond donors (Lipinski definition) is 3. The number of methoxy groups -OCH3 is 1. The molecule has 32 heavy (non-hydrogen) atoms. The molecule has 0 fully saturated rings. The van der Waals surface area contributed by atoms with Crippen LogP contribution < -0.4 is 16.0 Å². The van der Waals surface area contributed by atoms with Gasteiger partial charge in [-0.05, 0) is 72.1 Å². The largest absolute Gasteiger partial charge is 0.465 e. The Morgan fingerprint density at radius 3 is 2.56 bits per heavy atom. The molecule has 3 aromatic carbocycles. The van der Waals surface area contributed by atoms with Crippen molar-refractivity contribution < 1.29 is 18.7 Å². The zero-order valence-electron chi connectivity index (χ0n) is 17.3. The second kappa shape index (κ2) is 7.85. The molecule has 0 spiro atoms. The number of hydrogen-bond acceptors (Lipinski definition) is 5. The van der Waals surface area contributed by atoms with E-state index >= 15 is 0 Å². The average molecular weight is 429 g/mol. The molecule has 0 saturated carbocycles. The van der Waals surface area contributed by atoms with Gasteiger partial charge in [0.25, 0.3) is 5.91 Å². The molecular formula is C25H20FN3O3.